The predicted molar refractivity (Wildman–Crippen MR) is 91.2 cm³/mol. The molecule has 0 aliphatic carbocycles. The number of thioether (sulfide) groups is 1. The summed E-state index contributed by atoms with van der Waals surface area (Å²) in [5, 5.41) is 11.4. The molecule has 0 radical (unpaired) electrons. The Kier molecular flexibility index (Phi) is 5.85. The molecular formula is C17H21FN4OS. The van der Waals surface area contributed by atoms with Crippen molar-refractivity contribution in [2.24, 2.45) is 0 Å². The second-order valence-corrected chi connectivity index (χ2v) is 6.99. The maximum atomic E-state index is 12.8. The lowest BCUT2D eigenvalue weighted by Gasteiger charge is -2.08. The normalized spacial score (nSPS) is 14.0. The largest absolute Gasteiger partial charge is 0.349 e. The van der Waals surface area contributed by atoms with Crippen molar-refractivity contribution < 1.29 is 9.18 Å². The Morgan fingerprint density at radius 3 is 2.88 bits per heavy atom. The summed E-state index contributed by atoms with van der Waals surface area (Å²) < 4.78 is 15.0. The molecule has 0 unspecified atom stereocenters. The average molecular weight is 348 g/mol. The first kappa shape index (κ1) is 17.0. The molecule has 7 heteroatoms. The molecule has 1 aromatic heterocycles. The van der Waals surface area contributed by atoms with Crippen molar-refractivity contribution in [3.63, 3.8) is 0 Å². The van der Waals surface area contributed by atoms with Crippen LogP contribution in [0.4, 0.5) is 4.39 Å². The van der Waals surface area contributed by atoms with E-state index in [4.69, 9.17) is 0 Å². The van der Waals surface area contributed by atoms with Gasteiger partial charge in [-0.1, -0.05) is 6.42 Å². The first-order chi connectivity index (χ1) is 11.7. The van der Waals surface area contributed by atoms with Gasteiger partial charge in [0.2, 0.25) is 5.91 Å². The highest BCUT2D eigenvalue weighted by Crippen LogP contribution is 2.19. The third-order valence-corrected chi connectivity index (χ3v) is 5.06. The number of benzene rings is 1. The number of hydrogen-bond acceptors (Lipinski definition) is 4. The van der Waals surface area contributed by atoms with Gasteiger partial charge in [0.25, 0.3) is 0 Å². The number of carbonyl (C=O) groups excluding carboxylic acids is 1. The quantitative estimate of drug-likeness (QED) is 0.816. The van der Waals surface area contributed by atoms with Crippen molar-refractivity contribution in [3.8, 4) is 0 Å². The maximum absolute atomic E-state index is 12.8. The zero-order chi connectivity index (χ0) is 16.8. The summed E-state index contributed by atoms with van der Waals surface area (Å²) in [6.07, 6.45) is 4.90. The molecule has 0 saturated heterocycles. The Balaban J connectivity index is 1.43. The van der Waals surface area contributed by atoms with Crippen LogP contribution in [0.15, 0.2) is 29.2 Å². The summed E-state index contributed by atoms with van der Waals surface area (Å²) in [7, 11) is 0. The first-order valence-corrected chi connectivity index (χ1v) is 9.27. The maximum Gasteiger partial charge on any atom is 0.221 e. The molecule has 128 valence electrons. The molecule has 2 aromatic rings. The second kappa shape index (κ2) is 8.28. The minimum Gasteiger partial charge on any atom is -0.349 e. The summed E-state index contributed by atoms with van der Waals surface area (Å²) >= 11 is 1.55. The summed E-state index contributed by atoms with van der Waals surface area (Å²) in [5.74, 6) is 2.28. The number of aryl methyl sites for hydroxylation is 1. The van der Waals surface area contributed by atoms with Crippen LogP contribution in [0.25, 0.3) is 0 Å². The fourth-order valence-electron chi connectivity index (χ4n) is 2.73. The van der Waals surface area contributed by atoms with E-state index in [2.05, 4.69) is 20.1 Å². The Hall–Kier alpha value is -1.89. The highest BCUT2D eigenvalue weighted by molar-refractivity contribution is 7.99. The number of carbonyl (C=O) groups is 1. The van der Waals surface area contributed by atoms with Crippen LogP contribution in [0.1, 0.15) is 37.3 Å². The van der Waals surface area contributed by atoms with Crippen molar-refractivity contribution in [1.29, 1.82) is 0 Å². The number of fused-ring (bicyclic) bond motifs is 1. The van der Waals surface area contributed by atoms with Gasteiger partial charge >= 0.3 is 0 Å². The summed E-state index contributed by atoms with van der Waals surface area (Å²) in [4.78, 5) is 12.9. The zero-order valence-electron chi connectivity index (χ0n) is 13.5. The SMILES string of the molecule is O=C(CCSc1ccc(F)cc1)NCc1nnc2n1CCCCC2. The van der Waals surface area contributed by atoms with Gasteiger partial charge in [0, 0.05) is 30.0 Å². The molecule has 24 heavy (non-hydrogen) atoms. The van der Waals surface area contributed by atoms with Crippen LogP contribution in [-0.4, -0.2) is 26.4 Å². The van der Waals surface area contributed by atoms with Crippen LogP contribution in [0.5, 0.6) is 0 Å². The number of nitrogens with zero attached hydrogens (tertiary/aromatic N) is 3. The van der Waals surface area contributed by atoms with Crippen molar-refractivity contribution in [2.75, 3.05) is 5.75 Å². The Labute approximate surface area is 145 Å². The van der Waals surface area contributed by atoms with Gasteiger partial charge in [-0.25, -0.2) is 4.39 Å². The highest BCUT2D eigenvalue weighted by Gasteiger charge is 2.15. The molecule has 3 rings (SSSR count). The van der Waals surface area contributed by atoms with Crippen LogP contribution < -0.4 is 5.32 Å². The molecule has 1 aliphatic heterocycles. The van der Waals surface area contributed by atoms with E-state index in [1.165, 1.54) is 18.6 Å². The molecule has 0 saturated carbocycles. The lowest BCUT2D eigenvalue weighted by Crippen LogP contribution is -2.25. The molecule has 0 bridgehead atoms. The van der Waals surface area contributed by atoms with Crippen LogP contribution in [-0.2, 0) is 24.3 Å². The summed E-state index contributed by atoms with van der Waals surface area (Å²) in [6.45, 7) is 1.36. The third kappa shape index (κ3) is 4.56. The van der Waals surface area contributed by atoms with E-state index >= 15 is 0 Å². The van der Waals surface area contributed by atoms with Crippen molar-refractivity contribution in [3.05, 3.63) is 41.7 Å². The average Bonchev–Trinajstić information content (AvgIpc) is 2.81. The predicted octanol–water partition coefficient (Wildman–Crippen LogP) is 2.94. The minimum absolute atomic E-state index is 0.00409. The molecule has 1 N–H and O–H groups in total. The lowest BCUT2D eigenvalue weighted by atomic mass is 10.2. The van der Waals surface area contributed by atoms with Crippen LogP contribution >= 0.6 is 11.8 Å². The molecule has 0 atom stereocenters. The molecular weight excluding hydrogens is 327 g/mol. The molecule has 5 nitrogen and oxygen atoms in total. The molecule has 2 heterocycles. The first-order valence-electron chi connectivity index (χ1n) is 8.28. The fraction of sp³-hybridized carbons (Fsp3) is 0.471. The van der Waals surface area contributed by atoms with Gasteiger partial charge < -0.3 is 9.88 Å². The zero-order valence-corrected chi connectivity index (χ0v) is 14.3. The van der Waals surface area contributed by atoms with E-state index in [0.717, 1.165) is 42.4 Å². The lowest BCUT2D eigenvalue weighted by molar-refractivity contribution is -0.120. The number of hydrogen-bond donors (Lipinski definition) is 1. The number of amides is 1. The van der Waals surface area contributed by atoms with Gasteiger partial charge in [-0.15, -0.1) is 22.0 Å². The van der Waals surface area contributed by atoms with Crippen molar-refractivity contribution in [2.45, 2.75) is 50.1 Å². The number of aromatic nitrogens is 3. The third-order valence-electron chi connectivity index (χ3n) is 4.04. The molecule has 1 aromatic carbocycles. The van der Waals surface area contributed by atoms with E-state index < -0.39 is 0 Å². The summed E-state index contributed by atoms with van der Waals surface area (Å²) in [5.41, 5.74) is 0. The molecule has 1 amide bonds. The van der Waals surface area contributed by atoms with Crippen molar-refractivity contribution in [1.82, 2.24) is 20.1 Å². The fourth-order valence-corrected chi connectivity index (χ4v) is 3.59. The smallest absolute Gasteiger partial charge is 0.221 e. The van der Waals surface area contributed by atoms with Crippen LogP contribution in [0.3, 0.4) is 0 Å². The number of rotatable bonds is 6. The van der Waals surface area contributed by atoms with Crippen molar-refractivity contribution >= 4 is 17.7 Å². The summed E-state index contributed by atoms with van der Waals surface area (Å²) in [6, 6.07) is 6.31. The van der Waals surface area contributed by atoms with Gasteiger partial charge in [0.15, 0.2) is 5.82 Å². The van der Waals surface area contributed by atoms with Crippen LogP contribution in [0.2, 0.25) is 0 Å². The van der Waals surface area contributed by atoms with E-state index in [1.807, 2.05) is 0 Å². The number of nitrogens with one attached hydrogen (secondary N) is 1. The van der Waals surface area contributed by atoms with E-state index in [1.54, 1.807) is 23.9 Å². The molecule has 0 spiro atoms. The van der Waals surface area contributed by atoms with Crippen LogP contribution in [0, 0.1) is 5.82 Å². The van der Waals surface area contributed by atoms with Gasteiger partial charge in [-0.3, -0.25) is 4.79 Å². The van der Waals surface area contributed by atoms with Gasteiger partial charge in [0.05, 0.1) is 6.54 Å². The van der Waals surface area contributed by atoms with Gasteiger partial charge in [-0.05, 0) is 37.1 Å². The van der Waals surface area contributed by atoms with E-state index in [0.29, 0.717) is 18.7 Å². The monoisotopic (exact) mass is 348 g/mol. The van der Waals surface area contributed by atoms with Gasteiger partial charge in [-0.2, -0.15) is 0 Å². The van der Waals surface area contributed by atoms with Gasteiger partial charge in [0.1, 0.15) is 11.6 Å². The van der Waals surface area contributed by atoms with E-state index in [9.17, 15) is 9.18 Å². The molecule has 0 fully saturated rings. The number of halogens is 1. The second-order valence-electron chi connectivity index (χ2n) is 5.82. The Bertz CT molecular complexity index is 686. The molecule has 1 aliphatic rings. The minimum atomic E-state index is -0.246. The Morgan fingerprint density at radius 2 is 2.04 bits per heavy atom. The highest BCUT2D eigenvalue weighted by atomic mass is 32.2. The van der Waals surface area contributed by atoms with E-state index in [-0.39, 0.29) is 11.7 Å². The topological polar surface area (TPSA) is 59.8 Å². The Morgan fingerprint density at radius 1 is 1.21 bits per heavy atom. The standard InChI is InChI=1S/C17H21FN4OS/c18-13-5-7-14(8-6-13)24-11-9-17(23)19-12-16-21-20-15-4-2-1-3-10-22(15)16/h5-8H,1-4,9-12H2,(H,19,23).